The van der Waals surface area contributed by atoms with Crippen molar-refractivity contribution >= 4 is 42.4 Å². The number of hydrogen-bond acceptors (Lipinski definition) is 0. The van der Waals surface area contributed by atoms with Crippen LogP contribution in [0.4, 0.5) is 0 Å². The topological polar surface area (TPSA) is 0 Å². The Balaban J connectivity index is -0.000000188. The summed E-state index contributed by atoms with van der Waals surface area (Å²) in [5.41, 5.74) is 0. The van der Waals surface area contributed by atoms with Crippen LogP contribution in [0.2, 0.25) is 0 Å². The van der Waals surface area contributed by atoms with E-state index in [1.807, 2.05) is 0 Å². The molecule has 112 valence electrons. The first kappa shape index (κ1) is 24.5. The Kier molecular flexibility index (Phi) is 34.0. The van der Waals surface area contributed by atoms with Gasteiger partial charge in [-0.1, -0.05) is 41.5 Å². The van der Waals surface area contributed by atoms with Crippen molar-refractivity contribution in [1.82, 2.24) is 0 Å². The molecule has 17 heavy (non-hydrogen) atoms. The molecule has 0 radical (unpaired) electrons. The van der Waals surface area contributed by atoms with Crippen molar-refractivity contribution < 1.29 is 14.5 Å². The Labute approximate surface area is 134 Å². The van der Waals surface area contributed by atoms with Gasteiger partial charge >= 0.3 is 41.0 Å². The average Bonchev–Trinajstić information content (AvgIpc) is 2.35. The summed E-state index contributed by atoms with van der Waals surface area (Å²) in [6, 6.07) is 0. The van der Waals surface area contributed by atoms with E-state index in [0.29, 0.717) is 15.8 Å². The third-order valence-electron chi connectivity index (χ3n) is 2.68. The van der Waals surface area contributed by atoms with Gasteiger partial charge in [-0.05, 0) is 37.0 Å². The maximum absolute atomic E-state index is 3.17. The van der Waals surface area contributed by atoms with Gasteiger partial charge in [0.05, 0.1) is 0 Å². The molecule has 0 aromatic heterocycles. The fraction of sp³-hybridized carbons (Fsp3) is 1.00. The van der Waals surface area contributed by atoms with Crippen LogP contribution in [0, 0.1) is 0 Å². The minimum absolute atomic E-state index is 0.208. The first-order valence-electron chi connectivity index (χ1n) is 6.38. The molecule has 0 amide bonds. The van der Waals surface area contributed by atoms with E-state index in [1.165, 1.54) is 37.0 Å². The van der Waals surface area contributed by atoms with E-state index in [2.05, 4.69) is 68.1 Å². The third-order valence-corrected chi connectivity index (χ3v) is 8.05. The fourth-order valence-corrected chi connectivity index (χ4v) is 4.02. The van der Waals surface area contributed by atoms with Crippen LogP contribution >= 0.6 is 42.4 Å². The molecule has 0 bridgehead atoms. The molecule has 0 nitrogen and oxygen atoms in total. The molecule has 0 fully saturated rings. The Hall–Kier alpha value is 2.51. The predicted molar refractivity (Wildman–Crippen MR) is 94.9 cm³/mol. The first-order valence-corrected chi connectivity index (χ1v) is 20.1. The molecule has 0 heterocycles. The van der Waals surface area contributed by atoms with Gasteiger partial charge in [0, 0.05) is 0 Å². The average molecular weight is 591 g/mol. The molecule has 0 aliphatic rings. The molecule has 0 aromatic carbocycles. The first-order chi connectivity index (χ1) is 8.11. The van der Waals surface area contributed by atoms with Crippen molar-refractivity contribution in [2.75, 3.05) is 37.0 Å². The molecule has 0 spiro atoms. The van der Waals surface area contributed by atoms with E-state index in [0.717, 1.165) is 0 Å². The van der Waals surface area contributed by atoms with Gasteiger partial charge in [0.2, 0.25) is 0 Å². The molecule has 0 rings (SSSR count). The van der Waals surface area contributed by atoms with E-state index in [1.54, 1.807) is 0 Å². The van der Waals surface area contributed by atoms with Crippen LogP contribution < -0.4 is 0 Å². The molecule has 0 aliphatic heterocycles. The van der Waals surface area contributed by atoms with Crippen LogP contribution in [0.25, 0.3) is 0 Å². The summed E-state index contributed by atoms with van der Waals surface area (Å²) < 4.78 is 0. The standard InChI is InChI=1S/2C6H15P.2BrH.Pt/c2*1-4-7(5-2)6-3;;;/h2*4-6H2,1-3H3;2*1H;/q;;;;+2/p-2. The Morgan fingerprint density at radius 1 is 0.588 bits per heavy atom. The van der Waals surface area contributed by atoms with Crippen LogP contribution in [0.1, 0.15) is 41.5 Å². The van der Waals surface area contributed by atoms with Gasteiger partial charge in [0.15, 0.2) is 0 Å². The normalized spacial score (nSPS) is 9.76. The summed E-state index contributed by atoms with van der Waals surface area (Å²) in [4.78, 5) is 0. The second kappa shape index (κ2) is 23.6. The van der Waals surface area contributed by atoms with E-state index in [9.17, 15) is 0 Å². The summed E-state index contributed by atoms with van der Waals surface area (Å²) >= 11 is 6.56. The maximum atomic E-state index is 3.17. The molecule has 0 aliphatic carbocycles. The fourth-order valence-electron chi connectivity index (χ4n) is 1.34. The molecule has 0 N–H and O–H groups in total. The third kappa shape index (κ3) is 24.0. The van der Waals surface area contributed by atoms with Gasteiger partial charge in [-0.3, -0.25) is 0 Å². The van der Waals surface area contributed by atoms with Crippen LogP contribution in [0.15, 0.2) is 0 Å². The predicted octanol–water partition coefficient (Wildman–Crippen LogP) is 6.74. The summed E-state index contributed by atoms with van der Waals surface area (Å²) in [6.45, 7) is 13.7. The van der Waals surface area contributed by atoms with E-state index >= 15 is 0 Å². The van der Waals surface area contributed by atoms with Gasteiger partial charge in [-0.2, -0.15) is 0 Å². The SMILES string of the molecule is CCP(CC)CC.CCP(CC)CC.[Br][Pt][Br]. The van der Waals surface area contributed by atoms with Crippen LogP contribution in [0.3, 0.4) is 0 Å². The molecule has 0 atom stereocenters. The molecule has 0 unspecified atom stereocenters. The Bertz CT molecular complexity index is 87.7. The summed E-state index contributed by atoms with van der Waals surface area (Å²) in [6.07, 6.45) is 8.51. The Morgan fingerprint density at radius 2 is 0.706 bits per heavy atom. The van der Waals surface area contributed by atoms with Crippen molar-refractivity contribution in [3.05, 3.63) is 0 Å². The van der Waals surface area contributed by atoms with Crippen molar-refractivity contribution in [3.63, 3.8) is 0 Å². The van der Waals surface area contributed by atoms with Gasteiger partial charge in [0.1, 0.15) is 0 Å². The zero-order valence-corrected chi connectivity index (χ0v) is 19.4. The number of halogens is 2. The zero-order valence-electron chi connectivity index (χ0n) is 12.2. The van der Waals surface area contributed by atoms with Crippen molar-refractivity contribution in [2.45, 2.75) is 41.5 Å². The van der Waals surface area contributed by atoms with Crippen LogP contribution in [-0.4, -0.2) is 37.0 Å². The van der Waals surface area contributed by atoms with Crippen LogP contribution in [-0.2, 0) is 14.5 Å². The van der Waals surface area contributed by atoms with E-state index in [-0.39, 0.29) is 14.5 Å². The zero-order chi connectivity index (χ0) is 14.1. The Morgan fingerprint density at radius 3 is 0.706 bits per heavy atom. The van der Waals surface area contributed by atoms with Gasteiger partial charge in [-0.15, -0.1) is 15.8 Å². The molecule has 0 saturated heterocycles. The quantitative estimate of drug-likeness (QED) is 0.300. The van der Waals surface area contributed by atoms with Gasteiger partial charge in [-0.25, -0.2) is 0 Å². The van der Waals surface area contributed by atoms with Crippen molar-refractivity contribution in [1.29, 1.82) is 0 Å². The summed E-state index contributed by atoms with van der Waals surface area (Å²) in [7, 11) is 0.892. The van der Waals surface area contributed by atoms with Crippen molar-refractivity contribution in [2.24, 2.45) is 0 Å². The number of hydrogen-bond donors (Lipinski definition) is 0. The van der Waals surface area contributed by atoms with Crippen molar-refractivity contribution in [3.8, 4) is 0 Å². The van der Waals surface area contributed by atoms with E-state index < -0.39 is 0 Å². The van der Waals surface area contributed by atoms with Gasteiger partial charge < -0.3 is 0 Å². The second-order valence-corrected chi connectivity index (χ2v) is 19.7. The monoisotopic (exact) mass is 589 g/mol. The van der Waals surface area contributed by atoms with Crippen LogP contribution in [0.5, 0.6) is 0 Å². The molecular formula is C12H30Br2P2Pt. The minimum atomic E-state index is 0.208. The van der Waals surface area contributed by atoms with Gasteiger partial charge in [0.25, 0.3) is 0 Å². The second-order valence-electron chi connectivity index (χ2n) is 3.28. The molecular weight excluding hydrogens is 561 g/mol. The summed E-state index contributed by atoms with van der Waals surface area (Å²) in [5.74, 6) is 0. The summed E-state index contributed by atoms with van der Waals surface area (Å²) in [5, 5.41) is 0. The molecule has 5 heteroatoms. The van der Waals surface area contributed by atoms with E-state index in [4.69, 9.17) is 0 Å². The molecule has 0 aromatic rings. The molecule has 0 saturated carbocycles. The number of rotatable bonds is 6.